The van der Waals surface area contributed by atoms with E-state index in [-0.39, 0.29) is 18.6 Å². The fourth-order valence-corrected chi connectivity index (χ4v) is 1.64. The molecular formula is C15H23NO3. The molecule has 0 heterocycles. The summed E-state index contributed by atoms with van der Waals surface area (Å²) in [7, 11) is 1.48. The van der Waals surface area contributed by atoms with E-state index >= 15 is 0 Å². The smallest absolute Gasteiger partial charge is 0.332 e. The van der Waals surface area contributed by atoms with Crippen LogP contribution < -0.4 is 5.32 Å². The number of carbonyl (C=O) groups is 1. The van der Waals surface area contributed by atoms with Crippen LogP contribution in [0.1, 0.15) is 24.5 Å². The number of rotatable bonds is 8. The highest BCUT2D eigenvalue weighted by atomic mass is 16.6. The normalized spacial score (nSPS) is 12.2. The van der Waals surface area contributed by atoms with Gasteiger partial charge in [-0.05, 0) is 18.9 Å². The molecule has 1 N–H and O–H groups in total. The van der Waals surface area contributed by atoms with Crippen LogP contribution in [0.5, 0.6) is 0 Å². The van der Waals surface area contributed by atoms with Crippen LogP contribution in [0.15, 0.2) is 24.3 Å². The molecule has 0 radical (unpaired) electrons. The summed E-state index contributed by atoms with van der Waals surface area (Å²) >= 11 is 0. The molecule has 1 rings (SSSR count). The first-order valence-electron chi connectivity index (χ1n) is 6.59. The molecule has 4 heteroatoms. The second-order valence-corrected chi connectivity index (χ2v) is 4.59. The Kier molecular flexibility index (Phi) is 7.15. The maximum absolute atomic E-state index is 11.2. The van der Waals surface area contributed by atoms with Crippen LogP contribution in [0, 0.1) is 6.92 Å². The fourth-order valence-electron chi connectivity index (χ4n) is 1.64. The van der Waals surface area contributed by atoms with Gasteiger partial charge in [-0.25, -0.2) is 4.79 Å². The first-order valence-corrected chi connectivity index (χ1v) is 6.59. The lowest BCUT2D eigenvalue weighted by atomic mass is 10.1. The third-order valence-corrected chi connectivity index (χ3v) is 2.92. The first kappa shape index (κ1) is 15.7. The molecule has 1 aromatic carbocycles. The van der Waals surface area contributed by atoms with E-state index in [0.29, 0.717) is 6.61 Å². The second-order valence-electron chi connectivity index (χ2n) is 4.59. The van der Waals surface area contributed by atoms with Crippen LogP contribution in [0.25, 0.3) is 0 Å². The third-order valence-electron chi connectivity index (χ3n) is 2.92. The molecular weight excluding hydrogens is 242 g/mol. The number of hydrogen-bond donors (Lipinski definition) is 1. The summed E-state index contributed by atoms with van der Waals surface area (Å²) in [5.41, 5.74) is 2.48. The van der Waals surface area contributed by atoms with Gasteiger partial charge < -0.3 is 14.8 Å². The molecule has 19 heavy (non-hydrogen) atoms. The molecule has 0 aliphatic rings. The summed E-state index contributed by atoms with van der Waals surface area (Å²) in [4.78, 5) is 11.2. The summed E-state index contributed by atoms with van der Waals surface area (Å²) in [6.07, 6.45) is 0.909. The highest BCUT2D eigenvalue weighted by Gasteiger charge is 2.09. The quantitative estimate of drug-likeness (QED) is 0.731. The Balaban J connectivity index is 2.32. The van der Waals surface area contributed by atoms with Crippen LogP contribution in [-0.4, -0.2) is 32.3 Å². The Labute approximate surface area is 115 Å². The van der Waals surface area contributed by atoms with Crippen LogP contribution >= 0.6 is 0 Å². The van der Waals surface area contributed by atoms with Gasteiger partial charge in [0.1, 0.15) is 13.2 Å². The lowest BCUT2D eigenvalue weighted by Gasteiger charge is -2.17. The van der Waals surface area contributed by atoms with Crippen molar-refractivity contribution >= 4 is 5.97 Å². The van der Waals surface area contributed by atoms with E-state index in [4.69, 9.17) is 9.47 Å². The Bertz CT molecular complexity index is 375. The van der Waals surface area contributed by atoms with Gasteiger partial charge >= 0.3 is 5.97 Å². The number of methoxy groups -OCH3 is 1. The van der Waals surface area contributed by atoms with E-state index in [1.54, 1.807) is 0 Å². The van der Waals surface area contributed by atoms with Crippen molar-refractivity contribution in [3.8, 4) is 0 Å². The van der Waals surface area contributed by atoms with Gasteiger partial charge in [0.25, 0.3) is 0 Å². The molecule has 0 saturated heterocycles. The molecule has 0 spiro atoms. The topological polar surface area (TPSA) is 47.6 Å². The van der Waals surface area contributed by atoms with Gasteiger partial charge in [0.05, 0.1) is 0 Å². The minimum atomic E-state index is -0.321. The van der Waals surface area contributed by atoms with Gasteiger partial charge in [-0.2, -0.15) is 0 Å². The maximum atomic E-state index is 11.2. The van der Waals surface area contributed by atoms with Crippen molar-refractivity contribution < 1.29 is 14.3 Å². The molecule has 106 valence electrons. The third kappa shape index (κ3) is 6.36. The summed E-state index contributed by atoms with van der Waals surface area (Å²) in [6, 6.07) is 8.56. The van der Waals surface area contributed by atoms with Crippen molar-refractivity contribution in [2.45, 2.75) is 32.9 Å². The van der Waals surface area contributed by atoms with Crippen molar-refractivity contribution in [1.29, 1.82) is 0 Å². The molecule has 0 bridgehead atoms. The number of benzene rings is 1. The maximum Gasteiger partial charge on any atom is 0.332 e. The van der Waals surface area contributed by atoms with Crippen LogP contribution in [0.3, 0.4) is 0 Å². The van der Waals surface area contributed by atoms with Gasteiger partial charge in [0.2, 0.25) is 0 Å². The molecule has 1 unspecified atom stereocenters. The van der Waals surface area contributed by atoms with Gasteiger partial charge in [-0.1, -0.05) is 36.8 Å². The average molecular weight is 265 g/mol. The van der Waals surface area contributed by atoms with Crippen molar-refractivity contribution in [2.75, 3.05) is 20.3 Å². The summed E-state index contributed by atoms with van der Waals surface area (Å²) in [5.74, 6) is -0.321. The SMILES string of the molecule is CCC(COC(=O)COC)NCc1ccc(C)cc1. The molecule has 1 atom stereocenters. The van der Waals surface area contributed by atoms with E-state index < -0.39 is 0 Å². The zero-order valence-electron chi connectivity index (χ0n) is 11.9. The molecule has 0 aromatic heterocycles. The molecule has 1 aromatic rings. The number of carbonyl (C=O) groups excluding carboxylic acids is 1. The Hall–Kier alpha value is -1.39. The van der Waals surface area contributed by atoms with E-state index in [0.717, 1.165) is 13.0 Å². The number of esters is 1. The van der Waals surface area contributed by atoms with E-state index in [2.05, 4.69) is 43.4 Å². The number of aryl methyl sites for hydroxylation is 1. The second kappa shape index (κ2) is 8.67. The summed E-state index contributed by atoms with van der Waals surface area (Å²) in [6.45, 7) is 5.30. The zero-order valence-corrected chi connectivity index (χ0v) is 11.9. The van der Waals surface area contributed by atoms with Gasteiger partial charge in [-0.3, -0.25) is 0 Å². The Morgan fingerprint density at radius 2 is 2.00 bits per heavy atom. The number of ether oxygens (including phenoxy) is 2. The van der Waals surface area contributed by atoms with Crippen molar-refractivity contribution in [1.82, 2.24) is 5.32 Å². The average Bonchev–Trinajstić information content (AvgIpc) is 2.41. The minimum Gasteiger partial charge on any atom is -0.462 e. The largest absolute Gasteiger partial charge is 0.462 e. The van der Waals surface area contributed by atoms with Gasteiger partial charge in [0, 0.05) is 19.7 Å². The predicted octanol–water partition coefficient (Wildman–Crippen LogP) is 2.05. The standard InChI is InChI=1S/C15H23NO3/c1-4-14(10-19-15(17)11-18-3)16-9-13-7-5-12(2)6-8-13/h5-8,14,16H,4,9-11H2,1-3H3. The molecule has 0 amide bonds. The highest BCUT2D eigenvalue weighted by molar-refractivity contribution is 5.70. The van der Waals surface area contributed by atoms with Gasteiger partial charge in [-0.15, -0.1) is 0 Å². The lowest BCUT2D eigenvalue weighted by Crippen LogP contribution is -2.33. The molecule has 4 nitrogen and oxygen atoms in total. The predicted molar refractivity (Wildman–Crippen MR) is 74.9 cm³/mol. The number of nitrogens with one attached hydrogen (secondary N) is 1. The van der Waals surface area contributed by atoms with Crippen LogP contribution in [0.2, 0.25) is 0 Å². The monoisotopic (exact) mass is 265 g/mol. The van der Waals surface area contributed by atoms with E-state index in [9.17, 15) is 4.79 Å². The molecule has 0 fully saturated rings. The highest BCUT2D eigenvalue weighted by Crippen LogP contribution is 2.04. The van der Waals surface area contributed by atoms with Crippen molar-refractivity contribution in [2.24, 2.45) is 0 Å². The van der Waals surface area contributed by atoms with Crippen LogP contribution in [-0.2, 0) is 20.8 Å². The fraction of sp³-hybridized carbons (Fsp3) is 0.533. The van der Waals surface area contributed by atoms with Gasteiger partial charge in [0.15, 0.2) is 0 Å². The van der Waals surface area contributed by atoms with E-state index in [1.807, 2.05) is 0 Å². The molecule has 0 aliphatic heterocycles. The Morgan fingerprint density at radius 1 is 1.32 bits per heavy atom. The first-order chi connectivity index (χ1) is 9.15. The van der Waals surface area contributed by atoms with Crippen molar-refractivity contribution in [3.63, 3.8) is 0 Å². The minimum absolute atomic E-state index is 0.00833. The zero-order chi connectivity index (χ0) is 14.1. The molecule has 0 aliphatic carbocycles. The van der Waals surface area contributed by atoms with Crippen molar-refractivity contribution in [3.05, 3.63) is 35.4 Å². The molecule has 0 saturated carbocycles. The lowest BCUT2D eigenvalue weighted by molar-refractivity contribution is -0.148. The van der Waals surface area contributed by atoms with Crippen LogP contribution in [0.4, 0.5) is 0 Å². The Morgan fingerprint density at radius 3 is 2.58 bits per heavy atom. The summed E-state index contributed by atoms with van der Waals surface area (Å²) < 4.78 is 9.83. The number of hydrogen-bond acceptors (Lipinski definition) is 4. The van der Waals surface area contributed by atoms with E-state index in [1.165, 1.54) is 18.2 Å². The summed E-state index contributed by atoms with van der Waals surface area (Å²) in [5, 5.41) is 3.38.